The van der Waals surface area contributed by atoms with Gasteiger partial charge < -0.3 is 5.73 Å². The lowest BCUT2D eigenvalue weighted by molar-refractivity contribution is -0.0881. The van der Waals surface area contributed by atoms with Crippen LogP contribution in [0, 0.1) is 17.8 Å². The molecule has 3 saturated carbocycles. The summed E-state index contributed by atoms with van der Waals surface area (Å²) >= 11 is 0. The number of rotatable bonds is 0. The number of nitrogens with two attached hydrogens (primary N) is 1. The molecule has 0 aromatic rings. The highest BCUT2D eigenvalue weighted by Crippen LogP contribution is 2.54. The van der Waals surface area contributed by atoms with Crippen LogP contribution in [0.25, 0.3) is 0 Å². The lowest BCUT2D eigenvalue weighted by Crippen LogP contribution is -2.63. The molecule has 0 spiro atoms. The molecule has 0 saturated heterocycles. The minimum Gasteiger partial charge on any atom is -0.325 e. The van der Waals surface area contributed by atoms with Crippen LogP contribution in [0.4, 0.5) is 4.39 Å². The molecule has 3 fully saturated rings. The summed E-state index contributed by atoms with van der Waals surface area (Å²) in [5.74, 6) is 1.44. The van der Waals surface area contributed by atoms with Crippen molar-refractivity contribution in [3.05, 3.63) is 0 Å². The van der Waals surface area contributed by atoms with Crippen molar-refractivity contribution in [2.75, 3.05) is 0 Å². The van der Waals surface area contributed by atoms with Gasteiger partial charge in [0.1, 0.15) is 6.17 Å². The van der Waals surface area contributed by atoms with Crippen molar-refractivity contribution in [3.8, 4) is 0 Å². The third-order valence-corrected chi connectivity index (χ3v) is 3.78. The number of hydrogen-bond donors (Lipinski definition) is 1. The summed E-state index contributed by atoms with van der Waals surface area (Å²) < 4.78 is 13.3. The van der Waals surface area contributed by atoms with E-state index in [-0.39, 0.29) is 5.54 Å². The summed E-state index contributed by atoms with van der Waals surface area (Å²) in [6, 6.07) is 0. The van der Waals surface area contributed by atoms with Gasteiger partial charge in [-0.25, -0.2) is 4.39 Å². The predicted octanol–water partition coefficient (Wildman–Crippen LogP) is 1.72. The molecule has 0 unspecified atom stereocenters. The van der Waals surface area contributed by atoms with E-state index in [1.165, 1.54) is 0 Å². The largest absolute Gasteiger partial charge is 0.325 e. The van der Waals surface area contributed by atoms with Crippen LogP contribution in [0.1, 0.15) is 26.7 Å². The van der Waals surface area contributed by atoms with Gasteiger partial charge in [0.05, 0.1) is 0 Å². The van der Waals surface area contributed by atoms with Crippen LogP contribution in [0.15, 0.2) is 0 Å². The summed E-state index contributed by atoms with van der Waals surface area (Å²) in [4.78, 5) is 0. The molecule has 2 N–H and O–H groups in total. The molecule has 0 amide bonds. The minimum absolute atomic E-state index is 0.229. The molecule has 3 rings (SSSR count). The molecule has 1 nitrogen and oxygen atoms in total. The lowest BCUT2D eigenvalue weighted by Gasteiger charge is -2.58. The Balaban J connectivity index is 2.18. The summed E-state index contributed by atoms with van der Waals surface area (Å²) in [6.45, 7) is 4.13. The Bertz CT molecular complexity index is 174. The third-order valence-electron chi connectivity index (χ3n) is 3.78. The van der Waals surface area contributed by atoms with Gasteiger partial charge in [0.15, 0.2) is 0 Å². The Morgan fingerprint density at radius 2 is 2.18 bits per heavy atom. The van der Waals surface area contributed by atoms with Crippen molar-refractivity contribution < 1.29 is 4.39 Å². The standard InChI is InChI=1S/C9H16FN/c1-5-6-3-7(5)9(2,11)4-8(6)10/h5-8H,3-4,11H2,1-2H3/t5-,6+,7-,8+,9-/m0/s1. The smallest absolute Gasteiger partial charge is 0.105 e. The van der Waals surface area contributed by atoms with Crippen molar-refractivity contribution >= 4 is 0 Å². The van der Waals surface area contributed by atoms with Crippen LogP contribution >= 0.6 is 0 Å². The highest BCUT2D eigenvalue weighted by atomic mass is 19.1. The highest BCUT2D eigenvalue weighted by Gasteiger charge is 2.55. The molecule has 11 heavy (non-hydrogen) atoms. The van der Waals surface area contributed by atoms with Gasteiger partial charge in [-0.1, -0.05) is 6.92 Å². The van der Waals surface area contributed by atoms with Gasteiger partial charge in [-0.2, -0.15) is 0 Å². The second-order valence-corrected chi connectivity index (χ2v) is 4.59. The van der Waals surface area contributed by atoms with Gasteiger partial charge in [-0.15, -0.1) is 0 Å². The van der Waals surface area contributed by atoms with Crippen molar-refractivity contribution in [1.29, 1.82) is 0 Å². The van der Waals surface area contributed by atoms with Crippen molar-refractivity contribution in [2.45, 2.75) is 38.4 Å². The van der Waals surface area contributed by atoms with Crippen LogP contribution in [0.3, 0.4) is 0 Å². The number of hydrogen-bond acceptors (Lipinski definition) is 1. The molecule has 2 bridgehead atoms. The van der Waals surface area contributed by atoms with Gasteiger partial charge in [0.2, 0.25) is 0 Å². The van der Waals surface area contributed by atoms with E-state index in [0.717, 1.165) is 6.42 Å². The molecule has 0 aromatic carbocycles. The zero-order valence-corrected chi connectivity index (χ0v) is 7.18. The van der Waals surface area contributed by atoms with Crippen LogP contribution < -0.4 is 5.73 Å². The zero-order chi connectivity index (χ0) is 8.22. The van der Waals surface area contributed by atoms with Gasteiger partial charge in [0.25, 0.3) is 0 Å². The van der Waals surface area contributed by atoms with E-state index in [0.29, 0.717) is 24.2 Å². The molecule has 3 aliphatic carbocycles. The summed E-state index contributed by atoms with van der Waals surface area (Å²) in [7, 11) is 0. The summed E-state index contributed by atoms with van der Waals surface area (Å²) in [5, 5.41) is 0. The first-order valence-electron chi connectivity index (χ1n) is 4.45. The van der Waals surface area contributed by atoms with Crippen LogP contribution in [-0.2, 0) is 0 Å². The van der Waals surface area contributed by atoms with Crippen molar-refractivity contribution in [2.24, 2.45) is 23.5 Å². The average molecular weight is 157 g/mol. The number of fused-ring (bicyclic) bond motifs is 2. The second kappa shape index (κ2) is 1.98. The quantitative estimate of drug-likeness (QED) is 0.569. The zero-order valence-electron chi connectivity index (χ0n) is 7.18. The fourth-order valence-electron chi connectivity index (χ4n) is 2.89. The first-order chi connectivity index (χ1) is 5.02. The van der Waals surface area contributed by atoms with Crippen molar-refractivity contribution in [1.82, 2.24) is 0 Å². The Labute approximate surface area is 67.2 Å². The predicted molar refractivity (Wildman–Crippen MR) is 42.9 cm³/mol. The van der Waals surface area contributed by atoms with E-state index in [1.807, 2.05) is 6.92 Å². The van der Waals surface area contributed by atoms with Crippen LogP contribution in [0.5, 0.6) is 0 Å². The first kappa shape index (κ1) is 7.53. The van der Waals surface area contributed by atoms with Crippen LogP contribution in [-0.4, -0.2) is 11.7 Å². The average Bonchev–Trinajstić information content (AvgIpc) is 1.80. The molecule has 2 heteroatoms. The fraction of sp³-hybridized carbons (Fsp3) is 1.00. The highest BCUT2D eigenvalue weighted by molar-refractivity contribution is 5.08. The Morgan fingerprint density at radius 3 is 2.55 bits per heavy atom. The molecular weight excluding hydrogens is 141 g/mol. The second-order valence-electron chi connectivity index (χ2n) is 4.59. The van der Waals surface area contributed by atoms with Crippen molar-refractivity contribution in [3.63, 3.8) is 0 Å². The fourth-order valence-corrected chi connectivity index (χ4v) is 2.89. The molecule has 3 aliphatic rings. The van der Waals surface area contributed by atoms with Crippen LogP contribution in [0.2, 0.25) is 0 Å². The maximum atomic E-state index is 13.3. The maximum Gasteiger partial charge on any atom is 0.105 e. The first-order valence-corrected chi connectivity index (χ1v) is 4.45. The Hall–Kier alpha value is -0.110. The van der Waals surface area contributed by atoms with E-state index in [9.17, 15) is 4.39 Å². The van der Waals surface area contributed by atoms with E-state index in [1.54, 1.807) is 0 Å². The van der Waals surface area contributed by atoms with E-state index in [4.69, 9.17) is 5.73 Å². The SMILES string of the molecule is C[C@H]1[C@H]2C[C@@H]1[C@@](C)(N)C[C@H]2F. The molecule has 0 radical (unpaired) electrons. The van der Waals surface area contributed by atoms with Gasteiger partial charge in [-0.05, 0) is 37.5 Å². The Morgan fingerprint density at radius 1 is 1.55 bits per heavy atom. The van der Waals surface area contributed by atoms with E-state index < -0.39 is 6.17 Å². The number of alkyl halides is 1. The van der Waals surface area contributed by atoms with E-state index >= 15 is 0 Å². The molecule has 0 aromatic heterocycles. The normalized spacial score (nSPS) is 62.2. The van der Waals surface area contributed by atoms with Gasteiger partial charge >= 0.3 is 0 Å². The minimum atomic E-state index is -0.634. The molecule has 0 heterocycles. The summed E-state index contributed by atoms with van der Waals surface area (Å²) in [6.07, 6.45) is 0.965. The Kier molecular flexibility index (Phi) is 1.35. The topological polar surface area (TPSA) is 26.0 Å². The molecule has 5 atom stereocenters. The van der Waals surface area contributed by atoms with E-state index in [2.05, 4.69) is 6.92 Å². The molecule has 0 aliphatic heterocycles. The summed E-state index contributed by atoms with van der Waals surface area (Å²) in [5.41, 5.74) is 5.77. The van der Waals surface area contributed by atoms with Gasteiger partial charge in [0, 0.05) is 5.54 Å². The third kappa shape index (κ3) is 0.851. The lowest BCUT2D eigenvalue weighted by atomic mass is 9.50. The maximum absolute atomic E-state index is 13.3. The monoisotopic (exact) mass is 157 g/mol. The molecule has 64 valence electrons. The van der Waals surface area contributed by atoms with Gasteiger partial charge in [-0.3, -0.25) is 0 Å². The molecular formula is C9H16FN. The number of halogens is 1.